The summed E-state index contributed by atoms with van der Waals surface area (Å²) in [4.78, 5) is 0. The molecule has 0 bridgehead atoms. The first-order chi connectivity index (χ1) is 15.3. The van der Waals surface area contributed by atoms with E-state index in [0.29, 0.717) is 5.92 Å². The first kappa shape index (κ1) is 23.4. The topological polar surface area (TPSA) is 90.2 Å². The van der Waals surface area contributed by atoms with Crippen LogP contribution in [0.4, 0.5) is 0 Å². The van der Waals surface area contributed by atoms with Crippen molar-refractivity contribution in [3.63, 3.8) is 0 Å². The van der Waals surface area contributed by atoms with Crippen molar-refractivity contribution in [1.29, 1.82) is 0 Å². The van der Waals surface area contributed by atoms with Gasteiger partial charge in [-0.25, -0.2) is 0 Å². The van der Waals surface area contributed by atoms with E-state index in [0.717, 1.165) is 37.7 Å². The Labute approximate surface area is 190 Å². The molecule has 0 aromatic heterocycles. The Balaban J connectivity index is 1.81. The zero-order valence-electron chi connectivity index (χ0n) is 19.3. The number of ether oxygens (including phenoxy) is 1. The molecule has 0 radical (unpaired) electrons. The van der Waals surface area contributed by atoms with Gasteiger partial charge in [0.15, 0.2) is 0 Å². The molecular weight excluding hydrogens is 404 g/mol. The number of aryl methyl sites for hydroxylation is 1. The normalized spacial score (nSPS) is 27.7. The van der Waals surface area contributed by atoms with E-state index in [1.54, 1.807) is 0 Å². The van der Waals surface area contributed by atoms with Gasteiger partial charge in [0.25, 0.3) is 0 Å². The standard InChI is InChI=1S/C27H36O5/c1-15(2)11-21-20-6-4-5-19(20)18(12-17-9-7-16(3)8-10-17)13-22(21)27-26(31)25(30)24(29)23(14-28)32-27/h7-10,13,15,23-31H,4-6,11-12,14H2,1-3H3. The molecule has 1 fully saturated rings. The van der Waals surface area contributed by atoms with Gasteiger partial charge in [0.2, 0.25) is 0 Å². The van der Waals surface area contributed by atoms with Gasteiger partial charge in [-0.1, -0.05) is 49.7 Å². The molecule has 5 heteroatoms. The molecule has 0 saturated carbocycles. The summed E-state index contributed by atoms with van der Waals surface area (Å²) in [5, 5.41) is 41.3. The number of benzene rings is 2. The molecule has 4 rings (SSSR count). The molecule has 2 aromatic rings. The summed E-state index contributed by atoms with van der Waals surface area (Å²) in [5.74, 6) is 0.422. The Hall–Kier alpha value is -1.76. The van der Waals surface area contributed by atoms with E-state index >= 15 is 0 Å². The summed E-state index contributed by atoms with van der Waals surface area (Å²) in [6, 6.07) is 10.7. The highest BCUT2D eigenvalue weighted by atomic mass is 16.5. The van der Waals surface area contributed by atoms with Gasteiger partial charge in [-0.2, -0.15) is 0 Å². The molecule has 2 aromatic carbocycles. The fourth-order valence-corrected chi connectivity index (χ4v) is 5.31. The minimum absolute atomic E-state index is 0.415. The van der Waals surface area contributed by atoms with Gasteiger partial charge in [0.05, 0.1) is 6.61 Å². The number of hydrogen-bond acceptors (Lipinski definition) is 5. The van der Waals surface area contributed by atoms with E-state index < -0.39 is 37.1 Å². The van der Waals surface area contributed by atoms with Crippen LogP contribution in [0.3, 0.4) is 0 Å². The van der Waals surface area contributed by atoms with Crippen LogP contribution in [0.1, 0.15) is 65.3 Å². The van der Waals surface area contributed by atoms with Crippen molar-refractivity contribution in [2.75, 3.05) is 6.61 Å². The van der Waals surface area contributed by atoms with Gasteiger partial charge in [-0.15, -0.1) is 0 Å². The third-order valence-electron chi connectivity index (χ3n) is 6.97. The summed E-state index contributed by atoms with van der Waals surface area (Å²) in [6.45, 7) is 6.03. The first-order valence-electron chi connectivity index (χ1n) is 11.8. The van der Waals surface area contributed by atoms with Crippen LogP contribution < -0.4 is 0 Å². The first-order valence-corrected chi connectivity index (χ1v) is 11.8. The Morgan fingerprint density at radius 1 is 0.969 bits per heavy atom. The van der Waals surface area contributed by atoms with Gasteiger partial charge < -0.3 is 25.2 Å². The maximum absolute atomic E-state index is 10.9. The summed E-state index contributed by atoms with van der Waals surface area (Å²) in [7, 11) is 0. The number of hydrogen-bond donors (Lipinski definition) is 4. The predicted octanol–water partition coefficient (Wildman–Crippen LogP) is 2.79. The summed E-state index contributed by atoms with van der Waals surface area (Å²) < 4.78 is 6.01. The molecular formula is C27H36O5. The van der Waals surface area contributed by atoms with Crippen LogP contribution in [0.5, 0.6) is 0 Å². The summed E-state index contributed by atoms with van der Waals surface area (Å²) in [5.41, 5.74) is 8.56. The third-order valence-corrected chi connectivity index (χ3v) is 6.97. The summed E-state index contributed by atoms with van der Waals surface area (Å²) >= 11 is 0. The zero-order chi connectivity index (χ0) is 23.0. The lowest BCUT2D eigenvalue weighted by Gasteiger charge is -2.41. The monoisotopic (exact) mass is 440 g/mol. The molecule has 1 saturated heterocycles. The molecule has 1 aliphatic carbocycles. The maximum Gasteiger partial charge on any atom is 0.113 e. The van der Waals surface area contributed by atoms with Gasteiger partial charge in [-0.3, -0.25) is 0 Å². The highest BCUT2D eigenvalue weighted by molar-refractivity contribution is 5.51. The molecule has 174 valence electrons. The van der Waals surface area contributed by atoms with Crippen LogP contribution in [0.2, 0.25) is 0 Å². The number of rotatable bonds is 6. The fourth-order valence-electron chi connectivity index (χ4n) is 5.31. The van der Waals surface area contributed by atoms with E-state index in [2.05, 4.69) is 51.1 Å². The largest absolute Gasteiger partial charge is 0.394 e. The van der Waals surface area contributed by atoms with Crippen molar-refractivity contribution in [2.45, 2.75) is 83.4 Å². The molecule has 2 aliphatic rings. The highest BCUT2D eigenvalue weighted by Gasteiger charge is 2.45. The van der Waals surface area contributed by atoms with Crippen LogP contribution in [-0.4, -0.2) is 51.4 Å². The van der Waals surface area contributed by atoms with E-state index in [-0.39, 0.29) is 0 Å². The van der Waals surface area contributed by atoms with Crippen molar-refractivity contribution < 1.29 is 25.2 Å². The fraction of sp³-hybridized carbons (Fsp3) is 0.556. The average molecular weight is 441 g/mol. The predicted molar refractivity (Wildman–Crippen MR) is 124 cm³/mol. The second-order valence-corrected chi connectivity index (χ2v) is 9.92. The Morgan fingerprint density at radius 2 is 1.66 bits per heavy atom. The molecule has 5 atom stereocenters. The molecule has 4 N–H and O–H groups in total. The number of aliphatic hydroxyl groups is 4. The minimum atomic E-state index is -1.37. The Bertz CT molecular complexity index is 934. The highest BCUT2D eigenvalue weighted by Crippen LogP contribution is 2.41. The average Bonchev–Trinajstić information content (AvgIpc) is 3.26. The van der Waals surface area contributed by atoms with E-state index in [9.17, 15) is 20.4 Å². The van der Waals surface area contributed by atoms with Crippen molar-refractivity contribution in [3.8, 4) is 0 Å². The van der Waals surface area contributed by atoms with Crippen LogP contribution in [0.15, 0.2) is 30.3 Å². The third kappa shape index (κ3) is 4.50. The van der Waals surface area contributed by atoms with Crippen LogP contribution >= 0.6 is 0 Å². The van der Waals surface area contributed by atoms with Crippen LogP contribution in [0, 0.1) is 12.8 Å². The van der Waals surface area contributed by atoms with Crippen LogP contribution in [0.25, 0.3) is 0 Å². The van der Waals surface area contributed by atoms with E-state index in [4.69, 9.17) is 4.74 Å². The SMILES string of the molecule is Cc1ccc(Cc2cc(C3OC(CO)C(O)C(O)C3O)c(CC(C)C)c3c2CCC3)cc1. The molecule has 0 amide bonds. The lowest BCUT2D eigenvalue weighted by molar-refractivity contribution is -0.231. The van der Waals surface area contributed by atoms with Crippen LogP contribution in [-0.2, 0) is 30.4 Å². The molecule has 1 aliphatic heterocycles. The Kier molecular flexibility index (Phi) is 7.03. The number of aliphatic hydroxyl groups excluding tert-OH is 4. The minimum Gasteiger partial charge on any atom is -0.394 e. The van der Waals surface area contributed by atoms with E-state index in [1.807, 2.05) is 0 Å². The lowest BCUT2D eigenvalue weighted by Crippen LogP contribution is -2.55. The number of fused-ring (bicyclic) bond motifs is 1. The lowest BCUT2D eigenvalue weighted by atomic mass is 9.81. The summed E-state index contributed by atoms with van der Waals surface area (Å²) in [6.07, 6.45) is -0.842. The second-order valence-electron chi connectivity index (χ2n) is 9.92. The molecule has 32 heavy (non-hydrogen) atoms. The van der Waals surface area contributed by atoms with Gasteiger partial charge >= 0.3 is 0 Å². The Morgan fingerprint density at radius 3 is 2.31 bits per heavy atom. The van der Waals surface area contributed by atoms with Gasteiger partial charge in [-0.05, 0) is 78.3 Å². The molecule has 5 unspecified atom stereocenters. The van der Waals surface area contributed by atoms with Crippen molar-refractivity contribution in [2.24, 2.45) is 5.92 Å². The van der Waals surface area contributed by atoms with Gasteiger partial charge in [0.1, 0.15) is 30.5 Å². The quantitative estimate of drug-likeness (QED) is 0.555. The second kappa shape index (κ2) is 9.62. The molecule has 0 spiro atoms. The molecule has 5 nitrogen and oxygen atoms in total. The van der Waals surface area contributed by atoms with Crippen molar-refractivity contribution in [3.05, 3.63) is 69.3 Å². The smallest absolute Gasteiger partial charge is 0.113 e. The molecule has 1 heterocycles. The maximum atomic E-state index is 10.9. The van der Waals surface area contributed by atoms with Crippen molar-refractivity contribution >= 4 is 0 Å². The van der Waals surface area contributed by atoms with Gasteiger partial charge in [0, 0.05) is 0 Å². The zero-order valence-corrected chi connectivity index (χ0v) is 19.3. The van der Waals surface area contributed by atoms with E-state index in [1.165, 1.54) is 33.4 Å². The van der Waals surface area contributed by atoms with Crippen molar-refractivity contribution in [1.82, 2.24) is 0 Å².